The average molecular weight is 442 g/mol. The number of benzene rings is 2. The number of amides is 1. The van der Waals surface area contributed by atoms with Crippen LogP contribution in [0.3, 0.4) is 0 Å². The number of carbonyl (C=O) groups excluding carboxylic acids is 1. The molecule has 0 spiro atoms. The largest absolute Gasteiger partial charge is 0.416 e. The molecule has 1 N–H and O–H groups in total. The molecule has 2 unspecified atom stereocenters. The van der Waals surface area contributed by atoms with Crippen molar-refractivity contribution in [1.82, 2.24) is 9.88 Å². The lowest BCUT2D eigenvalue weighted by Gasteiger charge is -2.34. The molecule has 0 aliphatic carbocycles. The van der Waals surface area contributed by atoms with Crippen LogP contribution < -0.4 is 0 Å². The molecule has 3 heterocycles. The van der Waals surface area contributed by atoms with Gasteiger partial charge >= 0.3 is 6.18 Å². The van der Waals surface area contributed by atoms with Crippen LogP contribution in [0.4, 0.5) is 13.2 Å². The number of carbonyl (C=O) groups is 1. The fraction of sp³-hybridized carbons (Fsp3) is 0.333. The Morgan fingerprint density at radius 1 is 1.19 bits per heavy atom. The van der Waals surface area contributed by atoms with Gasteiger partial charge in [0.15, 0.2) is 0 Å². The number of halogens is 3. The second-order valence-electron chi connectivity index (χ2n) is 8.27. The lowest BCUT2D eigenvalue weighted by Crippen LogP contribution is -2.49. The molecule has 2 aromatic carbocycles. The molecule has 5 nitrogen and oxygen atoms in total. The highest BCUT2D eigenvalue weighted by Gasteiger charge is 2.39. The van der Waals surface area contributed by atoms with Gasteiger partial charge in [0.2, 0.25) is 0 Å². The molecule has 0 bridgehead atoms. The van der Waals surface area contributed by atoms with Crippen LogP contribution in [0, 0.1) is 0 Å². The summed E-state index contributed by atoms with van der Waals surface area (Å²) >= 11 is 0. The summed E-state index contributed by atoms with van der Waals surface area (Å²) in [6.07, 6.45) is -2.74. The van der Waals surface area contributed by atoms with E-state index in [1.807, 2.05) is 6.07 Å². The third-order valence-electron chi connectivity index (χ3n) is 6.24. The van der Waals surface area contributed by atoms with Crippen LogP contribution >= 0.6 is 0 Å². The molecule has 8 heteroatoms. The number of aliphatic hydroxyl groups is 1. The van der Waals surface area contributed by atoms with Crippen molar-refractivity contribution in [3.63, 3.8) is 0 Å². The lowest BCUT2D eigenvalue weighted by molar-refractivity contribution is -0.137. The molecular formula is C24H21F3N2O3. The zero-order valence-electron chi connectivity index (χ0n) is 17.1. The molecule has 2 aliphatic rings. The first-order valence-electron chi connectivity index (χ1n) is 10.5. The summed E-state index contributed by atoms with van der Waals surface area (Å²) in [5.74, 6) is -0.215. The monoisotopic (exact) mass is 442 g/mol. The summed E-state index contributed by atoms with van der Waals surface area (Å²) < 4.78 is 44.9. The van der Waals surface area contributed by atoms with Crippen LogP contribution in [0.5, 0.6) is 0 Å². The van der Waals surface area contributed by atoms with Crippen molar-refractivity contribution in [2.75, 3.05) is 13.2 Å². The molecule has 2 aliphatic heterocycles. The van der Waals surface area contributed by atoms with Gasteiger partial charge in [-0.05, 0) is 42.2 Å². The number of nitrogens with zero attached hydrogens (tertiary/aromatic N) is 2. The van der Waals surface area contributed by atoms with Gasteiger partial charge in [0, 0.05) is 35.9 Å². The van der Waals surface area contributed by atoms with Crippen molar-refractivity contribution in [2.45, 2.75) is 37.7 Å². The molecular weight excluding hydrogens is 421 g/mol. The molecule has 2 atom stereocenters. The van der Waals surface area contributed by atoms with E-state index < -0.39 is 23.9 Å². The minimum atomic E-state index is -4.42. The Hall–Kier alpha value is -2.97. The van der Waals surface area contributed by atoms with Gasteiger partial charge in [-0.25, -0.2) is 0 Å². The number of aliphatic hydroxyl groups excluding tert-OH is 1. The highest BCUT2D eigenvalue weighted by atomic mass is 19.4. The number of alkyl halides is 3. The van der Waals surface area contributed by atoms with E-state index in [-0.39, 0.29) is 18.9 Å². The number of ether oxygens (including phenoxy) is 1. The Morgan fingerprint density at radius 2 is 2.03 bits per heavy atom. The van der Waals surface area contributed by atoms with Crippen molar-refractivity contribution < 1.29 is 27.8 Å². The number of pyridine rings is 1. The molecule has 1 saturated heterocycles. The Labute approximate surface area is 182 Å². The van der Waals surface area contributed by atoms with Gasteiger partial charge < -0.3 is 14.7 Å². The van der Waals surface area contributed by atoms with Gasteiger partial charge in [0.1, 0.15) is 0 Å². The van der Waals surface area contributed by atoms with Gasteiger partial charge in [-0.3, -0.25) is 9.78 Å². The zero-order chi connectivity index (χ0) is 22.5. The summed E-state index contributed by atoms with van der Waals surface area (Å²) in [5, 5.41) is 11.2. The molecule has 1 fully saturated rings. The predicted octanol–water partition coefficient (Wildman–Crippen LogP) is 3.95. The van der Waals surface area contributed by atoms with E-state index in [4.69, 9.17) is 4.74 Å². The number of hydrogen-bond acceptors (Lipinski definition) is 4. The quantitative estimate of drug-likeness (QED) is 0.667. The van der Waals surface area contributed by atoms with E-state index >= 15 is 0 Å². The molecule has 0 radical (unpaired) electrons. The third kappa shape index (κ3) is 3.63. The topological polar surface area (TPSA) is 62.7 Å². The molecule has 1 aromatic heterocycles. The van der Waals surface area contributed by atoms with Crippen LogP contribution in [0.1, 0.15) is 39.0 Å². The maximum absolute atomic E-state index is 13.3. The van der Waals surface area contributed by atoms with Gasteiger partial charge in [0.25, 0.3) is 5.91 Å². The second kappa shape index (κ2) is 7.86. The summed E-state index contributed by atoms with van der Waals surface area (Å²) in [5.41, 5.74) is 2.46. The SMILES string of the molecule is O=C1c2cc(Cc3cccc(C(F)(F)F)c3)c3cccnc3c2CN1C1COCCC1O. The predicted molar refractivity (Wildman–Crippen MR) is 111 cm³/mol. The van der Waals surface area contributed by atoms with Crippen molar-refractivity contribution in [1.29, 1.82) is 0 Å². The Bertz CT molecular complexity index is 1190. The molecule has 5 rings (SSSR count). The normalized spacial score (nSPS) is 21.2. The van der Waals surface area contributed by atoms with Crippen LogP contribution in [0.25, 0.3) is 10.9 Å². The van der Waals surface area contributed by atoms with E-state index in [0.717, 1.165) is 28.6 Å². The van der Waals surface area contributed by atoms with E-state index in [1.165, 1.54) is 6.07 Å². The Morgan fingerprint density at radius 3 is 2.81 bits per heavy atom. The minimum Gasteiger partial charge on any atom is -0.391 e. The zero-order valence-corrected chi connectivity index (χ0v) is 17.1. The minimum absolute atomic E-state index is 0.215. The summed E-state index contributed by atoms with van der Waals surface area (Å²) in [4.78, 5) is 19.4. The van der Waals surface area contributed by atoms with Crippen molar-refractivity contribution in [3.8, 4) is 0 Å². The number of aromatic nitrogens is 1. The van der Waals surface area contributed by atoms with E-state index in [1.54, 1.807) is 29.3 Å². The van der Waals surface area contributed by atoms with Crippen LogP contribution in [-0.4, -0.2) is 46.3 Å². The van der Waals surface area contributed by atoms with Crippen molar-refractivity contribution in [2.24, 2.45) is 0 Å². The van der Waals surface area contributed by atoms with Gasteiger partial charge in [-0.15, -0.1) is 0 Å². The van der Waals surface area contributed by atoms with Crippen molar-refractivity contribution in [3.05, 3.63) is 76.5 Å². The number of rotatable bonds is 3. The summed E-state index contributed by atoms with van der Waals surface area (Å²) in [6, 6.07) is 10.2. The van der Waals surface area contributed by atoms with Crippen LogP contribution in [0.15, 0.2) is 48.7 Å². The van der Waals surface area contributed by atoms with Gasteiger partial charge in [0.05, 0.1) is 29.8 Å². The van der Waals surface area contributed by atoms with Crippen LogP contribution in [-0.2, 0) is 23.9 Å². The first kappa shape index (κ1) is 20.9. The van der Waals surface area contributed by atoms with E-state index in [9.17, 15) is 23.1 Å². The fourth-order valence-electron chi connectivity index (χ4n) is 4.62. The second-order valence-corrected chi connectivity index (χ2v) is 8.27. The fourth-order valence-corrected chi connectivity index (χ4v) is 4.62. The van der Waals surface area contributed by atoms with Crippen LogP contribution in [0.2, 0.25) is 0 Å². The summed E-state index contributed by atoms with van der Waals surface area (Å²) in [6.45, 7) is 1.04. The molecule has 0 saturated carbocycles. The standard InChI is InChI=1S/C24H21F3N2O3/c25-24(26,27)16-4-1-3-14(10-16)9-15-11-18-19(22-17(15)5-2-7-28-22)12-29(23(18)31)20-13-32-8-6-21(20)30/h1-5,7,10-11,20-21,30H,6,8-9,12-13H2. The summed E-state index contributed by atoms with van der Waals surface area (Å²) in [7, 11) is 0. The van der Waals surface area contributed by atoms with Crippen molar-refractivity contribution >= 4 is 16.8 Å². The Balaban J connectivity index is 1.55. The number of hydrogen-bond donors (Lipinski definition) is 1. The van der Waals surface area contributed by atoms with Gasteiger partial charge in [-0.1, -0.05) is 24.3 Å². The molecule has 3 aromatic rings. The molecule has 32 heavy (non-hydrogen) atoms. The third-order valence-corrected chi connectivity index (χ3v) is 6.24. The number of fused-ring (bicyclic) bond motifs is 3. The Kier molecular flexibility index (Phi) is 5.14. The smallest absolute Gasteiger partial charge is 0.391 e. The van der Waals surface area contributed by atoms with E-state index in [2.05, 4.69) is 4.98 Å². The molecule has 166 valence electrons. The average Bonchev–Trinajstić information content (AvgIpc) is 3.10. The van der Waals surface area contributed by atoms with Gasteiger partial charge in [-0.2, -0.15) is 13.2 Å². The maximum atomic E-state index is 13.3. The highest BCUT2D eigenvalue weighted by molar-refractivity contribution is 6.04. The highest BCUT2D eigenvalue weighted by Crippen LogP contribution is 2.35. The lowest BCUT2D eigenvalue weighted by atomic mass is 9.94. The van der Waals surface area contributed by atoms with E-state index in [0.29, 0.717) is 36.2 Å². The maximum Gasteiger partial charge on any atom is 0.416 e. The first-order chi connectivity index (χ1) is 15.3. The molecule has 1 amide bonds. The first-order valence-corrected chi connectivity index (χ1v) is 10.5.